The number of nitrogens with two attached hydrogens (primary N) is 1. The fourth-order valence-electron chi connectivity index (χ4n) is 1.92. The van der Waals surface area contributed by atoms with Gasteiger partial charge in [-0.3, -0.25) is 4.21 Å². The van der Waals surface area contributed by atoms with Crippen LogP contribution in [0.2, 0.25) is 5.02 Å². The number of rotatable bonds is 5. The number of halogens is 2. The summed E-state index contributed by atoms with van der Waals surface area (Å²) in [7, 11) is -1.26. The molecule has 2 N–H and O–H groups in total. The van der Waals surface area contributed by atoms with E-state index in [0.29, 0.717) is 17.2 Å². The molecule has 0 spiro atoms. The van der Waals surface area contributed by atoms with Gasteiger partial charge in [0.2, 0.25) is 0 Å². The smallest absolute Gasteiger partial charge is 0.141 e. The molecule has 0 aliphatic heterocycles. The number of hydrogen-bond acceptors (Lipinski definition) is 2. The van der Waals surface area contributed by atoms with Crippen LogP contribution in [-0.2, 0) is 10.8 Å². The highest BCUT2D eigenvalue weighted by Crippen LogP contribution is 2.22. The lowest BCUT2D eigenvalue weighted by Gasteiger charge is -2.15. The van der Waals surface area contributed by atoms with Gasteiger partial charge >= 0.3 is 0 Å². The number of hydrogen-bond donors (Lipinski definition) is 1. The van der Waals surface area contributed by atoms with Crippen LogP contribution < -0.4 is 5.73 Å². The highest BCUT2D eigenvalue weighted by molar-refractivity contribution is 7.85. The van der Waals surface area contributed by atoms with Crippen LogP contribution in [0.4, 0.5) is 4.39 Å². The summed E-state index contributed by atoms with van der Waals surface area (Å²) in [6, 6.07) is 13.8. The van der Waals surface area contributed by atoms with Gasteiger partial charge in [0.05, 0.1) is 15.8 Å². The highest BCUT2D eigenvalue weighted by Gasteiger charge is 2.15. The molecule has 0 aromatic heterocycles. The van der Waals surface area contributed by atoms with E-state index in [0.717, 1.165) is 5.56 Å². The summed E-state index contributed by atoms with van der Waals surface area (Å²) in [6.45, 7) is 0.407. The van der Waals surface area contributed by atoms with Gasteiger partial charge in [-0.1, -0.05) is 41.9 Å². The summed E-state index contributed by atoms with van der Waals surface area (Å²) in [6.07, 6.45) is 0. The van der Waals surface area contributed by atoms with Crippen molar-refractivity contribution in [2.45, 2.75) is 10.8 Å². The summed E-state index contributed by atoms with van der Waals surface area (Å²) in [5.74, 6) is -0.116. The van der Waals surface area contributed by atoms with Gasteiger partial charge in [0.1, 0.15) is 5.82 Å². The SMILES string of the molecule is NCC(CS(=O)c1ccc(F)c(Cl)c1)c1ccccc1. The summed E-state index contributed by atoms with van der Waals surface area (Å²) in [5.41, 5.74) is 6.82. The Morgan fingerprint density at radius 1 is 1.20 bits per heavy atom. The molecule has 2 rings (SSSR count). The second-order valence-electron chi connectivity index (χ2n) is 4.43. The molecule has 0 amide bonds. The third kappa shape index (κ3) is 3.66. The predicted octanol–water partition coefficient (Wildman–Crippen LogP) is 3.33. The molecule has 0 saturated heterocycles. The van der Waals surface area contributed by atoms with Gasteiger partial charge in [-0.25, -0.2) is 4.39 Å². The van der Waals surface area contributed by atoms with Gasteiger partial charge < -0.3 is 5.73 Å². The van der Waals surface area contributed by atoms with E-state index < -0.39 is 16.6 Å². The van der Waals surface area contributed by atoms with Crippen molar-refractivity contribution < 1.29 is 8.60 Å². The maximum Gasteiger partial charge on any atom is 0.141 e. The van der Waals surface area contributed by atoms with Crippen LogP contribution in [0.1, 0.15) is 11.5 Å². The minimum atomic E-state index is -1.26. The van der Waals surface area contributed by atoms with Gasteiger partial charge in [0.25, 0.3) is 0 Å². The van der Waals surface area contributed by atoms with Crippen molar-refractivity contribution >= 4 is 22.4 Å². The van der Waals surface area contributed by atoms with Gasteiger partial charge in [0, 0.05) is 23.1 Å². The van der Waals surface area contributed by atoms with Crippen molar-refractivity contribution in [2.24, 2.45) is 5.73 Å². The molecule has 106 valence electrons. The molecule has 0 bridgehead atoms. The normalized spacial score (nSPS) is 13.9. The molecule has 0 fully saturated rings. The zero-order valence-electron chi connectivity index (χ0n) is 10.8. The largest absolute Gasteiger partial charge is 0.330 e. The van der Waals surface area contributed by atoms with E-state index in [4.69, 9.17) is 17.3 Å². The van der Waals surface area contributed by atoms with Crippen LogP contribution in [0.5, 0.6) is 0 Å². The molecule has 5 heteroatoms. The first kappa shape index (κ1) is 15.2. The molecule has 2 nitrogen and oxygen atoms in total. The topological polar surface area (TPSA) is 43.1 Å². The Hall–Kier alpha value is -1.23. The first-order valence-electron chi connectivity index (χ1n) is 6.20. The van der Waals surface area contributed by atoms with Crippen LogP contribution in [-0.4, -0.2) is 16.5 Å². The Kier molecular flexibility index (Phi) is 5.29. The van der Waals surface area contributed by atoms with Crippen LogP contribution in [0.25, 0.3) is 0 Å². The molecule has 0 aliphatic rings. The minimum absolute atomic E-state index is 0.000798. The molecule has 0 radical (unpaired) electrons. The molecular formula is C15H15ClFNOS. The molecule has 2 unspecified atom stereocenters. The van der Waals surface area contributed by atoms with Gasteiger partial charge in [-0.05, 0) is 23.8 Å². The van der Waals surface area contributed by atoms with E-state index in [9.17, 15) is 8.60 Å². The molecule has 2 aromatic rings. The van der Waals surface area contributed by atoms with E-state index in [-0.39, 0.29) is 10.9 Å². The fourth-order valence-corrected chi connectivity index (χ4v) is 3.52. The van der Waals surface area contributed by atoms with Gasteiger partial charge in [0.15, 0.2) is 0 Å². The molecule has 0 heterocycles. The van der Waals surface area contributed by atoms with Crippen molar-refractivity contribution in [3.05, 3.63) is 64.9 Å². The summed E-state index contributed by atoms with van der Waals surface area (Å²) in [5, 5.41) is -0.0140. The Balaban J connectivity index is 2.15. The third-order valence-electron chi connectivity index (χ3n) is 3.06. The van der Waals surface area contributed by atoms with Crippen molar-refractivity contribution in [3.63, 3.8) is 0 Å². The molecular weight excluding hydrogens is 297 g/mol. The van der Waals surface area contributed by atoms with Crippen molar-refractivity contribution in [2.75, 3.05) is 12.3 Å². The van der Waals surface area contributed by atoms with E-state index in [2.05, 4.69) is 0 Å². The molecule has 0 aliphatic carbocycles. The van der Waals surface area contributed by atoms with Crippen molar-refractivity contribution in [1.29, 1.82) is 0 Å². The number of benzene rings is 2. The van der Waals surface area contributed by atoms with Crippen molar-refractivity contribution in [1.82, 2.24) is 0 Å². The van der Waals surface area contributed by atoms with Crippen LogP contribution >= 0.6 is 11.6 Å². The first-order chi connectivity index (χ1) is 9.61. The Labute approximate surface area is 125 Å². The second kappa shape index (κ2) is 6.97. The van der Waals surface area contributed by atoms with E-state index in [1.165, 1.54) is 18.2 Å². The standard InChI is InChI=1S/C15H15ClFNOS/c16-14-8-13(6-7-15(14)17)20(19)10-12(9-18)11-4-2-1-3-5-11/h1-8,12H,9-10,18H2. The first-order valence-corrected chi connectivity index (χ1v) is 7.90. The lowest BCUT2D eigenvalue weighted by Crippen LogP contribution is -2.19. The summed E-state index contributed by atoms with van der Waals surface area (Å²) >= 11 is 5.71. The van der Waals surface area contributed by atoms with E-state index >= 15 is 0 Å². The van der Waals surface area contributed by atoms with E-state index in [1.54, 1.807) is 0 Å². The van der Waals surface area contributed by atoms with E-state index in [1.807, 2.05) is 30.3 Å². The molecule has 20 heavy (non-hydrogen) atoms. The summed E-state index contributed by atoms with van der Waals surface area (Å²) in [4.78, 5) is 0.519. The van der Waals surface area contributed by atoms with Gasteiger partial charge in [-0.2, -0.15) is 0 Å². The molecule has 2 aromatic carbocycles. The monoisotopic (exact) mass is 311 g/mol. The fraction of sp³-hybridized carbons (Fsp3) is 0.200. The molecule has 0 saturated carbocycles. The average molecular weight is 312 g/mol. The van der Waals surface area contributed by atoms with Crippen LogP contribution in [0.15, 0.2) is 53.4 Å². The second-order valence-corrected chi connectivity index (χ2v) is 6.33. The summed E-state index contributed by atoms with van der Waals surface area (Å²) < 4.78 is 25.4. The Morgan fingerprint density at radius 2 is 1.90 bits per heavy atom. The van der Waals surface area contributed by atoms with Crippen LogP contribution in [0.3, 0.4) is 0 Å². The van der Waals surface area contributed by atoms with Gasteiger partial charge in [-0.15, -0.1) is 0 Å². The highest BCUT2D eigenvalue weighted by atomic mass is 35.5. The maximum atomic E-state index is 13.1. The minimum Gasteiger partial charge on any atom is -0.330 e. The lowest BCUT2D eigenvalue weighted by atomic mass is 10.0. The Morgan fingerprint density at radius 3 is 2.50 bits per heavy atom. The lowest BCUT2D eigenvalue weighted by molar-refractivity contribution is 0.626. The average Bonchev–Trinajstić information content (AvgIpc) is 2.48. The quantitative estimate of drug-likeness (QED) is 0.920. The van der Waals surface area contributed by atoms with Crippen LogP contribution in [0, 0.1) is 5.82 Å². The Bertz CT molecular complexity index is 606. The zero-order chi connectivity index (χ0) is 14.5. The predicted molar refractivity (Wildman–Crippen MR) is 80.9 cm³/mol. The van der Waals surface area contributed by atoms with Crippen molar-refractivity contribution in [3.8, 4) is 0 Å². The maximum absolute atomic E-state index is 13.1. The third-order valence-corrected chi connectivity index (χ3v) is 4.84. The zero-order valence-corrected chi connectivity index (χ0v) is 12.3. The molecule has 2 atom stereocenters.